The third-order valence-electron chi connectivity index (χ3n) is 3.04. The van der Waals surface area contributed by atoms with Gasteiger partial charge in [0.25, 0.3) is 0 Å². The molecular weight excluding hydrogens is 348 g/mol. The zero-order valence-corrected chi connectivity index (χ0v) is 11.9. The standard InChI is InChI=1S/C13H8Br2O2/c14-16-9-4-5-10-8(6-9)7-12-11(10)2-1-3-13(12)17-15/h1-6H,7H2. The van der Waals surface area contributed by atoms with Gasteiger partial charge in [0.2, 0.25) is 0 Å². The highest BCUT2D eigenvalue weighted by atomic mass is 79.9. The van der Waals surface area contributed by atoms with Crippen LogP contribution < -0.4 is 7.66 Å². The summed E-state index contributed by atoms with van der Waals surface area (Å²) in [5, 5.41) is 0. The molecule has 2 aromatic carbocycles. The molecule has 0 spiro atoms. The van der Waals surface area contributed by atoms with Gasteiger partial charge in [-0.1, -0.05) is 18.2 Å². The van der Waals surface area contributed by atoms with Crippen molar-refractivity contribution in [2.75, 3.05) is 0 Å². The van der Waals surface area contributed by atoms with E-state index in [2.05, 4.69) is 44.6 Å². The Morgan fingerprint density at radius 1 is 0.941 bits per heavy atom. The maximum absolute atomic E-state index is 5.22. The first-order chi connectivity index (χ1) is 8.33. The number of hydrogen-bond acceptors (Lipinski definition) is 2. The van der Waals surface area contributed by atoms with Crippen molar-refractivity contribution in [1.82, 2.24) is 0 Å². The van der Waals surface area contributed by atoms with E-state index in [4.69, 9.17) is 7.66 Å². The largest absolute Gasteiger partial charge is 0.418 e. The van der Waals surface area contributed by atoms with Gasteiger partial charge in [-0.3, -0.25) is 0 Å². The van der Waals surface area contributed by atoms with E-state index in [1.165, 1.54) is 22.3 Å². The number of benzene rings is 2. The molecule has 4 heteroatoms. The zero-order valence-electron chi connectivity index (χ0n) is 8.74. The molecule has 0 unspecified atom stereocenters. The molecule has 0 amide bonds. The molecule has 2 aromatic rings. The van der Waals surface area contributed by atoms with Gasteiger partial charge in [0.05, 0.1) is 0 Å². The minimum Gasteiger partial charge on any atom is -0.418 e. The Labute approximate surface area is 116 Å². The van der Waals surface area contributed by atoms with Gasteiger partial charge >= 0.3 is 0 Å². The Hall–Kier alpha value is -1.00. The molecule has 0 fully saturated rings. The topological polar surface area (TPSA) is 18.5 Å². The molecule has 0 heterocycles. The molecule has 17 heavy (non-hydrogen) atoms. The summed E-state index contributed by atoms with van der Waals surface area (Å²) in [5.41, 5.74) is 4.96. The maximum atomic E-state index is 5.22. The summed E-state index contributed by atoms with van der Waals surface area (Å²) in [6.07, 6.45) is 0.872. The monoisotopic (exact) mass is 354 g/mol. The van der Waals surface area contributed by atoms with Crippen molar-refractivity contribution in [3.8, 4) is 22.6 Å². The predicted molar refractivity (Wildman–Crippen MR) is 73.8 cm³/mol. The molecule has 0 radical (unpaired) electrons. The molecule has 0 saturated carbocycles. The smallest absolute Gasteiger partial charge is 0.179 e. The van der Waals surface area contributed by atoms with E-state index in [0.29, 0.717) is 0 Å². The molecular formula is C13H8Br2O2. The predicted octanol–water partition coefficient (Wildman–Crippen LogP) is 4.64. The molecule has 1 aliphatic carbocycles. The van der Waals surface area contributed by atoms with E-state index in [-0.39, 0.29) is 0 Å². The highest BCUT2D eigenvalue weighted by Crippen LogP contribution is 2.42. The van der Waals surface area contributed by atoms with Gasteiger partial charge in [-0.05, 0) is 34.9 Å². The molecule has 1 aliphatic rings. The van der Waals surface area contributed by atoms with E-state index in [1.807, 2.05) is 24.3 Å². The molecule has 0 aromatic heterocycles. The molecule has 2 nitrogen and oxygen atoms in total. The average Bonchev–Trinajstić information content (AvgIpc) is 2.75. The van der Waals surface area contributed by atoms with Gasteiger partial charge < -0.3 is 7.66 Å². The molecule has 0 bridgehead atoms. The van der Waals surface area contributed by atoms with Crippen LogP contribution in [0.2, 0.25) is 0 Å². The highest BCUT2D eigenvalue weighted by Gasteiger charge is 2.22. The summed E-state index contributed by atoms with van der Waals surface area (Å²) < 4.78 is 10.3. The quantitative estimate of drug-likeness (QED) is 0.667. The van der Waals surface area contributed by atoms with Crippen LogP contribution in [0.25, 0.3) is 11.1 Å². The molecule has 0 N–H and O–H groups in total. The Bertz CT molecular complexity index is 582. The summed E-state index contributed by atoms with van der Waals surface area (Å²) in [5.74, 6) is 1.69. The molecule has 0 atom stereocenters. The van der Waals surface area contributed by atoms with Gasteiger partial charge in [0, 0.05) is 12.0 Å². The van der Waals surface area contributed by atoms with Gasteiger partial charge in [0.15, 0.2) is 32.5 Å². The van der Waals surface area contributed by atoms with Crippen molar-refractivity contribution in [2.24, 2.45) is 0 Å². The fraction of sp³-hybridized carbons (Fsp3) is 0.0769. The maximum Gasteiger partial charge on any atom is 0.179 e. The molecule has 0 aliphatic heterocycles. The first kappa shape index (κ1) is 11.1. The molecule has 0 saturated heterocycles. The van der Waals surface area contributed by atoms with Crippen molar-refractivity contribution in [2.45, 2.75) is 6.42 Å². The van der Waals surface area contributed by atoms with Crippen molar-refractivity contribution >= 4 is 32.5 Å². The number of fused-ring (bicyclic) bond motifs is 3. The van der Waals surface area contributed by atoms with Crippen molar-refractivity contribution < 1.29 is 7.66 Å². The van der Waals surface area contributed by atoms with Crippen LogP contribution in [0.3, 0.4) is 0 Å². The fourth-order valence-corrected chi connectivity index (χ4v) is 2.79. The number of hydrogen-bond donors (Lipinski definition) is 0. The summed E-state index contributed by atoms with van der Waals surface area (Å²) in [7, 11) is 0. The second kappa shape index (κ2) is 4.35. The van der Waals surface area contributed by atoms with Crippen LogP contribution in [0.5, 0.6) is 11.5 Å². The van der Waals surface area contributed by atoms with E-state index < -0.39 is 0 Å². The third kappa shape index (κ3) is 1.76. The minimum atomic E-state index is 0.817. The van der Waals surface area contributed by atoms with E-state index in [9.17, 15) is 0 Å². The second-order valence-corrected chi connectivity index (χ2v) is 4.58. The van der Waals surface area contributed by atoms with E-state index >= 15 is 0 Å². The second-order valence-electron chi connectivity index (χ2n) is 3.93. The fourth-order valence-electron chi connectivity index (χ4n) is 2.29. The van der Waals surface area contributed by atoms with Crippen LogP contribution in [-0.4, -0.2) is 0 Å². The average molecular weight is 356 g/mol. The lowest BCUT2D eigenvalue weighted by Crippen LogP contribution is -1.85. The normalized spacial score (nSPS) is 11.9. The summed E-state index contributed by atoms with van der Waals surface area (Å²) in [4.78, 5) is 0. The Balaban J connectivity index is 2.16. The summed E-state index contributed by atoms with van der Waals surface area (Å²) in [6.45, 7) is 0. The van der Waals surface area contributed by atoms with Gasteiger partial charge in [-0.15, -0.1) is 0 Å². The minimum absolute atomic E-state index is 0.817. The van der Waals surface area contributed by atoms with Crippen molar-refractivity contribution in [3.05, 3.63) is 47.5 Å². The Morgan fingerprint density at radius 3 is 2.59 bits per heavy atom. The van der Waals surface area contributed by atoms with Crippen molar-refractivity contribution in [1.29, 1.82) is 0 Å². The first-order valence-electron chi connectivity index (χ1n) is 5.16. The van der Waals surface area contributed by atoms with Crippen LogP contribution in [0, 0.1) is 0 Å². The van der Waals surface area contributed by atoms with Gasteiger partial charge in [0.1, 0.15) is 11.5 Å². The van der Waals surface area contributed by atoms with Crippen LogP contribution in [0.4, 0.5) is 0 Å². The van der Waals surface area contributed by atoms with Gasteiger partial charge in [-0.25, -0.2) is 0 Å². The van der Waals surface area contributed by atoms with Crippen LogP contribution in [-0.2, 0) is 6.42 Å². The Kier molecular flexibility index (Phi) is 2.84. The van der Waals surface area contributed by atoms with E-state index in [0.717, 1.165) is 17.9 Å². The highest BCUT2D eigenvalue weighted by molar-refractivity contribution is 9.06. The van der Waals surface area contributed by atoms with E-state index in [1.54, 1.807) is 0 Å². The zero-order chi connectivity index (χ0) is 11.8. The molecule has 3 rings (SSSR count). The number of rotatable bonds is 2. The summed E-state index contributed by atoms with van der Waals surface area (Å²) in [6, 6.07) is 12.1. The third-order valence-corrected chi connectivity index (χ3v) is 3.76. The lowest BCUT2D eigenvalue weighted by Gasteiger charge is -2.04. The lowest BCUT2D eigenvalue weighted by molar-refractivity contribution is 0.668. The summed E-state index contributed by atoms with van der Waals surface area (Å²) >= 11 is 6.05. The molecule has 86 valence electrons. The van der Waals surface area contributed by atoms with Crippen LogP contribution in [0.1, 0.15) is 11.1 Å². The van der Waals surface area contributed by atoms with Crippen molar-refractivity contribution in [3.63, 3.8) is 0 Å². The Morgan fingerprint density at radius 2 is 1.82 bits per heavy atom. The van der Waals surface area contributed by atoms with Crippen LogP contribution >= 0.6 is 32.5 Å². The SMILES string of the molecule is BrOc1ccc2c(c1)Cc1c(OBr)cccc1-2. The van der Waals surface area contributed by atoms with Crippen LogP contribution in [0.15, 0.2) is 36.4 Å². The van der Waals surface area contributed by atoms with Gasteiger partial charge in [-0.2, -0.15) is 0 Å². The number of halogens is 2. The lowest BCUT2D eigenvalue weighted by atomic mass is 10.1. The first-order valence-corrected chi connectivity index (χ1v) is 6.45.